The lowest BCUT2D eigenvalue weighted by Gasteiger charge is -2.13. The molecule has 0 spiro atoms. The molecule has 4 nitrogen and oxygen atoms in total. The first-order chi connectivity index (χ1) is 10.6. The van der Waals surface area contributed by atoms with E-state index in [0.29, 0.717) is 10.2 Å². The molecule has 3 rings (SSSR count). The van der Waals surface area contributed by atoms with Gasteiger partial charge < -0.3 is 4.57 Å². The highest BCUT2D eigenvalue weighted by Crippen LogP contribution is 2.24. The smallest absolute Gasteiger partial charge is 0.262 e. The number of nitrogens with one attached hydrogen (secondary N) is 1. The van der Waals surface area contributed by atoms with Gasteiger partial charge in [-0.05, 0) is 42.5 Å². The van der Waals surface area contributed by atoms with Crippen LogP contribution in [0.15, 0.2) is 82.4 Å². The number of halogens is 1. The van der Waals surface area contributed by atoms with Crippen molar-refractivity contribution in [2.45, 2.75) is 4.90 Å². The number of benzene rings is 2. The lowest BCUT2D eigenvalue weighted by Crippen LogP contribution is -2.14. The average Bonchev–Trinajstić information content (AvgIpc) is 3.01. The predicted molar refractivity (Wildman–Crippen MR) is 90.7 cm³/mol. The number of sulfonamides is 1. The Bertz CT molecular complexity index is 890. The van der Waals surface area contributed by atoms with Gasteiger partial charge in [0.2, 0.25) is 0 Å². The molecular weight excluding hydrogens is 364 g/mol. The molecule has 1 N–H and O–H groups in total. The Hall–Kier alpha value is -2.05. The van der Waals surface area contributed by atoms with Crippen LogP contribution in [0.4, 0.5) is 5.69 Å². The molecule has 0 fully saturated rings. The van der Waals surface area contributed by atoms with Gasteiger partial charge in [-0.2, -0.15) is 0 Å². The van der Waals surface area contributed by atoms with E-state index in [1.54, 1.807) is 36.4 Å². The maximum Gasteiger partial charge on any atom is 0.262 e. The monoisotopic (exact) mass is 376 g/mol. The van der Waals surface area contributed by atoms with Crippen molar-refractivity contribution < 1.29 is 8.42 Å². The van der Waals surface area contributed by atoms with E-state index in [4.69, 9.17) is 0 Å². The van der Waals surface area contributed by atoms with Gasteiger partial charge in [-0.1, -0.05) is 34.1 Å². The largest absolute Gasteiger partial charge is 0.322 e. The van der Waals surface area contributed by atoms with Crippen LogP contribution >= 0.6 is 15.9 Å². The van der Waals surface area contributed by atoms with Crippen LogP contribution in [-0.4, -0.2) is 13.0 Å². The van der Waals surface area contributed by atoms with E-state index in [2.05, 4.69) is 20.7 Å². The number of hydrogen-bond donors (Lipinski definition) is 1. The molecule has 2 aromatic carbocycles. The predicted octanol–water partition coefficient (Wildman–Crippen LogP) is 4.04. The zero-order valence-electron chi connectivity index (χ0n) is 11.5. The van der Waals surface area contributed by atoms with E-state index in [0.717, 1.165) is 5.69 Å². The minimum atomic E-state index is -3.64. The molecule has 0 aliphatic heterocycles. The van der Waals surface area contributed by atoms with Crippen molar-refractivity contribution in [3.63, 3.8) is 0 Å². The Labute approximate surface area is 137 Å². The highest BCUT2D eigenvalue weighted by molar-refractivity contribution is 9.10. The van der Waals surface area contributed by atoms with E-state index in [1.807, 2.05) is 41.2 Å². The third kappa shape index (κ3) is 3.08. The summed E-state index contributed by atoms with van der Waals surface area (Å²) >= 11 is 3.29. The van der Waals surface area contributed by atoms with Crippen LogP contribution in [0, 0.1) is 0 Å². The topological polar surface area (TPSA) is 51.1 Å². The van der Waals surface area contributed by atoms with E-state index in [1.165, 1.54) is 0 Å². The average molecular weight is 377 g/mol. The van der Waals surface area contributed by atoms with Gasteiger partial charge in [-0.25, -0.2) is 8.42 Å². The zero-order valence-corrected chi connectivity index (χ0v) is 13.9. The quantitative estimate of drug-likeness (QED) is 0.746. The van der Waals surface area contributed by atoms with Crippen molar-refractivity contribution >= 4 is 31.6 Å². The van der Waals surface area contributed by atoms with Crippen molar-refractivity contribution in [1.82, 2.24) is 4.57 Å². The summed E-state index contributed by atoms with van der Waals surface area (Å²) in [7, 11) is -3.64. The van der Waals surface area contributed by atoms with E-state index < -0.39 is 10.0 Å². The summed E-state index contributed by atoms with van der Waals surface area (Å²) in [5.74, 6) is 0. The van der Waals surface area contributed by atoms with Crippen molar-refractivity contribution in [2.24, 2.45) is 0 Å². The van der Waals surface area contributed by atoms with Crippen molar-refractivity contribution in [1.29, 1.82) is 0 Å². The molecule has 0 amide bonds. The van der Waals surface area contributed by atoms with Crippen LogP contribution in [0.2, 0.25) is 0 Å². The number of rotatable bonds is 4. The molecule has 112 valence electrons. The standard InChI is InChI=1S/C16H13BrN2O2S/c17-13-6-5-7-14(12-13)22(20,21)18-15-8-1-2-9-16(15)19-10-3-4-11-19/h1-12,18H. The Balaban J connectivity index is 2.00. The molecular formula is C16H13BrN2O2S. The third-order valence-corrected chi connectivity index (χ3v) is 4.99. The minimum absolute atomic E-state index is 0.212. The molecule has 3 aromatic rings. The molecule has 0 saturated carbocycles. The molecule has 0 atom stereocenters. The van der Waals surface area contributed by atoms with Crippen LogP contribution in [0.25, 0.3) is 5.69 Å². The molecule has 0 saturated heterocycles. The fraction of sp³-hybridized carbons (Fsp3) is 0. The molecule has 22 heavy (non-hydrogen) atoms. The van der Waals surface area contributed by atoms with Gasteiger partial charge in [0.15, 0.2) is 0 Å². The first-order valence-electron chi connectivity index (χ1n) is 6.57. The van der Waals surface area contributed by atoms with Gasteiger partial charge in [0.25, 0.3) is 10.0 Å². The van der Waals surface area contributed by atoms with Crippen LogP contribution in [0.1, 0.15) is 0 Å². The van der Waals surface area contributed by atoms with Crippen molar-refractivity contribution in [3.05, 3.63) is 77.5 Å². The fourth-order valence-electron chi connectivity index (χ4n) is 2.12. The summed E-state index contributed by atoms with van der Waals surface area (Å²) in [5.41, 5.74) is 1.30. The highest BCUT2D eigenvalue weighted by atomic mass is 79.9. The number of para-hydroxylation sites is 2. The third-order valence-electron chi connectivity index (χ3n) is 3.14. The summed E-state index contributed by atoms with van der Waals surface area (Å²) in [6, 6.07) is 17.6. The molecule has 1 aromatic heterocycles. The van der Waals surface area contributed by atoms with Gasteiger partial charge in [0, 0.05) is 16.9 Å². The summed E-state index contributed by atoms with van der Waals surface area (Å²) in [6.07, 6.45) is 3.73. The summed E-state index contributed by atoms with van der Waals surface area (Å²) < 4.78 is 30.3. The van der Waals surface area contributed by atoms with Gasteiger partial charge in [0.1, 0.15) is 0 Å². The molecule has 0 radical (unpaired) electrons. The molecule has 0 unspecified atom stereocenters. The second kappa shape index (κ2) is 5.98. The number of hydrogen-bond acceptors (Lipinski definition) is 2. The van der Waals surface area contributed by atoms with E-state index >= 15 is 0 Å². The Kier molecular flexibility index (Phi) is 4.04. The SMILES string of the molecule is O=S(=O)(Nc1ccccc1-n1cccc1)c1cccc(Br)c1. The second-order valence-corrected chi connectivity index (χ2v) is 7.27. The Morgan fingerprint density at radius 1 is 0.909 bits per heavy atom. The van der Waals surface area contributed by atoms with Crippen molar-refractivity contribution in [2.75, 3.05) is 4.72 Å². The molecule has 0 aliphatic rings. The van der Waals surface area contributed by atoms with Gasteiger partial charge in [0.05, 0.1) is 16.3 Å². The highest BCUT2D eigenvalue weighted by Gasteiger charge is 2.16. The van der Waals surface area contributed by atoms with Crippen LogP contribution in [0.5, 0.6) is 0 Å². The van der Waals surface area contributed by atoms with Gasteiger partial charge in [-0.3, -0.25) is 4.72 Å². The molecule has 0 aliphatic carbocycles. The van der Waals surface area contributed by atoms with Crippen LogP contribution in [0.3, 0.4) is 0 Å². The summed E-state index contributed by atoms with van der Waals surface area (Å²) in [4.78, 5) is 0.212. The fourth-order valence-corrected chi connectivity index (χ4v) is 3.79. The number of anilines is 1. The van der Waals surface area contributed by atoms with Crippen LogP contribution < -0.4 is 4.72 Å². The number of nitrogens with zero attached hydrogens (tertiary/aromatic N) is 1. The lowest BCUT2D eigenvalue weighted by atomic mass is 10.3. The maximum atomic E-state index is 12.5. The summed E-state index contributed by atoms with van der Waals surface area (Å²) in [5, 5.41) is 0. The Morgan fingerprint density at radius 2 is 1.64 bits per heavy atom. The van der Waals surface area contributed by atoms with Crippen LogP contribution in [-0.2, 0) is 10.0 Å². The van der Waals surface area contributed by atoms with Gasteiger partial charge in [-0.15, -0.1) is 0 Å². The minimum Gasteiger partial charge on any atom is -0.322 e. The first kappa shape index (κ1) is 14.9. The van der Waals surface area contributed by atoms with Crippen molar-refractivity contribution in [3.8, 4) is 5.69 Å². The molecule has 0 bridgehead atoms. The van der Waals surface area contributed by atoms with Gasteiger partial charge >= 0.3 is 0 Å². The molecule has 6 heteroatoms. The summed E-state index contributed by atoms with van der Waals surface area (Å²) in [6.45, 7) is 0. The zero-order chi connectivity index (χ0) is 15.6. The lowest BCUT2D eigenvalue weighted by molar-refractivity contribution is 0.601. The first-order valence-corrected chi connectivity index (χ1v) is 8.85. The second-order valence-electron chi connectivity index (χ2n) is 4.67. The van der Waals surface area contributed by atoms with E-state index in [9.17, 15) is 8.42 Å². The number of aromatic nitrogens is 1. The maximum absolute atomic E-state index is 12.5. The molecule has 1 heterocycles. The normalized spacial score (nSPS) is 11.3. The Morgan fingerprint density at radius 3 is 2.36 bits per heavy atom. The van der Waals surface area contributed by atoms with E-state index in [-0.39, 0.29) is 4.90 Å².